The molecule has 2 amide bonds. The van der Waals surface area contributed by atoms with Crippen LogP contribution in [0.3, 0.4) is 0 Å². The Bertz CT molecular complexity index is 1050. The molecule has 3 aliphatic rings. The molecule has 2 unspecified atom stereocenters. The first-order valence-electron chi connectivity index (χ1n) is 14.4. The Kier molecular flexibility index (Phi) is 9.64. The number of anilines is 2. The number of carbonyl (C=O) groups is 3. The maximum atomic E-state index is 14.5. The molecule has 3 aliphatic heterocycles. The fourth-order valence-corrected chi connectivity index (χ4v) is 8.98. The predicted octanol–water partition coefficient (Wildman–Crippen LogP) is 3.87. The number of nitrogens with zero attached hydrogens (tertiary/aromatic N) is 3. The first-order chi connectivity index (χ1) is 18.9. The van der Waals surface area contributed by atoms with Crippen molar-refractivity contribution in [3.05, 3.63) is 36.9 Å². The highest BCUT2D eigenvalue weighted by molar-refractivity contribution is 8.02. The van der Waals surface area contributed by atoms with Crippen molar-refractivity contribution in [2.45, 2.75) is 68.9 Å². The van der Waals surface area contributed by atoms with E-state index in [4.69, 9.17) is 4.74 Å². The molecule has 1 N–H and O–H groups in total. The molecule has 8 nitrogen and oxygen atoms in total. The van der Waals surface area contributed by atoms with Crippen LogP contribution in [-0.4, -0.2) is 83.2 Å². The highest BCUT2D eigenvalue weighted by atomic mass is 32.2. The highest BCUT2D eigenvalue weighted by Crippen LogP contribution is 2.66. The van der Waals surface area contributed by atoms with Gasteiger partial charge in [-0.25, -0.2) is 0 Å². The monoisotopic (exact) mass is 557 g/mol. The van der Waals surface area contributed by atoms with E-state index in [0.717, 1.165) is 43.7 Å². The number of hydrogen-bond donors (Lipinski definition) is 1. The van der Waals surface area contributed by atoms with Crippen LogP contribution in [0.1, 0.15) is 52.9 Å². The minimum Gasteiger partial charge on any atom is -0.466 e. The lowest BCUT2D eigenvalue weighted by atomic mass is 9.71. The van der Waals surface area contributed by atoms with Crippen LogP contribution in [0.15, 0.2) is 36.9 Å². The number of aliphatic hydroxyl groups is 1. The minimum atomic E-state index is -0.666. The number of hydrogen-bond acceptors (Lipinski definition) is 7. The van der Waals surface area contributed by atoms with Crippen molar-refractivity contribution in [1.82, 2.24) is 4.90 Å². The number of likely N-dealkylation sites (tertiary alicyclic amines) is 1. The van der Waals surface area contributed by atoms with E-state index in [2.05, 4.69) is 25.3 Å². The molecule has 9 heteroatoms. The zero-order valence-corrected chi connectivity index (χ0v) is 24.3. The summed E-state index contributed by atoms with van der Waals surface area (Å²) < 4.78 is 4.77. The van der Waals surface area contributed by atoms with Crippen molar-refractivity contribution >= 4 is 40.9 Å². The number of unbranched alkanes of at least 4 members (excludes halogenated alkanes) is 2. The lowest BCUT2D eigenvalue weighted by molar-refractivity contribution is -0.153. The number of benzene rings is 1. The first kappa shape index (κ1) is 29.5. The van der Waals surface area contributed by atoms with Crippen molar-refractivity contribution in [1.29, 1.82) is 0 Å². The van der Waals surface area contributed by atoms with Gasteiger partial charge in [0.2, 0.25) is 5.91 Å². The molecular weight excluding hydrogens is 514 g/mol. The molecule has 0 saturated carbocycles. The molecule has 1 aromatic carbocycles. The van der Waals surface area contributed by atoms with Crippen LogP contribution in [0.4, 0.5) is 11.4 Å². The van der Waals surface area contributed by atoms with E-state index in [1.54, 1.807) is 34.6 Å². The standard InChI is InChI=1S/C30H43N3O5S/c1-5-18-32(22-14-12-21(13-15-22)31(6-2)7-3)28(36)26-30-17-16-23(39-30)24(29(37)38-8-4)25(30)27(35)33(26)19-10-9-11-20-34/h5,12-15,23-26,34H,1,6-11,16-20H2,2-4H3/t23-,24+,25-,26?,30?/m0/s1. The maximum absolute atomic E-state index is 14.5. The van der Waals surface area contributed by atoms with Gasteiger partial charge >= 0.3 is 5.97 Å². The Morgan fingerprint density at radius 3 is 2.46 bits per heavy atom. The number of thioether (sulfide) groups is 1. The van der Waals surface area contributed by atoms with Crippen LogP contribution in [0.5, 0.6) is 0 Å². The van der Waals surface area contributed by atoms with Gasteiger partial charge in [0, 0.05) is 49.4 Å². The number of ether oxygens (including phenoxy) is 1. The average Bonchev–Trinajstić information content (AvgIpc) is 3.58. The lowest BCUT2D eigenvalue weighted by Crippen LogP contribution is -2.55. The average molecular weight is 558 g/mol. The summed E-state index contributed by atoms with van der Waals surface area (Å²) >= 11 is 1.66. The molecule has 3 saturated heterocycles. The number of carbonyl (C=O) groups excluding carboxylic acids is 3. The van der Waals surface area contributed by atoms with Gasteiger partial charge in [-0.3, -0.25) is 14.4 Å². The largest absolute Gasteiger partial charge is 0.466 e. The van der Waals surface area contributed by atoms with Gasteiger partial charge < -0.3 is 24.5 Å². The van der Waals surface area contributed by atoms with Crippen LogP contribution >= 0.6 is 11.8 Å². The normalized spacial score (nSPS) is 27.0. The number of fused-ring (bicyclic) bond motifs is 1. The molecule has 0 aliphatic carbocycles. The molecule has 0 aromatic heterocycles. The zero-order valence-electron chi connectivity index (χ0n) is 23.5. The summed E-state index contributed by atoms with van der Waals surface area (Å²) in [5.74, 6) is -1.63. The number of rotatable bonds is 14. The molecule has 1 spiro atoms. The summed E-state index contributed by atoms with van der Waals surface area (Å²) in [6, 6.07) is 7.33. The Hall–Kier alpha value is -2.52. The summed E-state index contributed by atoms with van der Waals surface area (Å²) in [5.41, 5.74) is 1.86. The molecule has 39 heavy (non-hydrogen) atoms. The van der Waals surface area contributed by atoms with E-state index >= 15 is 0 Å². The Balaban J connectivity index is 1.69. The molecular formula is C30H43N3O5S. The van der Waals surface area contributed by atoms with Crippen LogP contribution in [-0.2, 0) is 19.1 Å². The van der Waals surface area contributed by atoms with Gasteiger partial charge in [0.1, 0.15) is 6.04 Å². The van der Waals surface area contributed by atoms with Crippen molar-refractivity contribution in [3.63, 3.8) is 0 Å². The molecule has 3 fully saturated rings. The smallest absolute Gasteiger partial charge is 0.310 e. The van der Waals surface area contributed by atoms with Gasteiger partial charge in [-0.15, -0.1) is 18.3 Å². The molecule has 3 heterocycles. The highest BCUT2D eigenvalue weighted by Gasteiger charge is 2.74. The quantitative estimate of drug-likeness (QED) is 0.211. The number of amides is 2. The molecule has 2 bridgehead atoms. The Morgan fingerprint density at radius 1 is 1.15 bits per heavy atom. The van der Waals surface area contributed by atoms with Crippen LogP contribution in [0.2, 0.25) is 0 Å². The SMILES string of the molecule is C=CCN(C(=O)C1N(CCCCCO)C(=O)[C@@H]2[C@H](C(=O)OCC)[C@@H]3CCC12S3)c1ccc(N(CC)CC)cc1. The zero-order chi connectivity index (χ0) is 28.2. The molecule has 4 rings (SSSR count). The van der Waals surface area contributed by atoms with E-state index in [0.29, 0.717) is 25.9 Å². The summed E-state index contributed by atoms with van der Waals surface area (Å²) in [4.78, 5) is 47.4. The van der Waals surface area contributed by atoms with Crippen LogP contribution in [0.25, 0.3) is 0 Å². The van der Waals surface area contributed by atoms with E-state index in [1.807, 2.05) is 24.3 Å². The third-order valence-corrected chi connectivity index (χ3v) is 10.5. The van der Waals surface area contributed by atoms with E-state index in [-0.39, 0.29) is 36.2 Å². The minimum absolute atomic E-state index is 0.00829. The summed E-state index contributed by atoms with van der Waals surface area (Å²) in [6.45, 7) is 12.8. The summed E-state index contributed by atoms with van der Waals surface area (Å²) in [5, 5.41) is 9.24. The fraction of sp³-hybridized carbons (Fsp3) is 0.633. The first-order valence-corrected chi connectivity index (χ1v) is 15.3. The second kappa shape index (κ2) is 12.8. The Labute approximate surface area is 236 Å². The van der Waals surface area contributed by atoms with Crippen LogP contribution < -0.4 is 9.80 Å². The number of esters is 1. The van der Waals surface area contributed by atoms with Gasteiger partial charge in [-0.1, -0.05) is 6.08 Å². The second-order valence-corrected chi connectivity index (χ2v) is 12.2. The van der Waals surface area contributed by atoms with Gasteiger partial charge in [0.15, 0.2) is 0 Å². The van der Waals surface area contributed by atoms with Gasteiger partial charge in [0.05, 0.1) is 23.2 Å². The van der Waals surface area contributed by atoms with Crippen molar-refractivity contribution in [2.24, 2.45) is 11.8 Å². The topological polar surface area (TPSA) is 90.4 Å². The van der Waals surface area contributed by atoms with Crippen molar-refractivity contribution < 1.29 is 24.2 Å². The summed E-state index contributed by atoms with van der Waals surface area (Å²) in [7, 11) is 0. The van der Waals surface area contributed by atoms with Crippen molar-refractivity contribution in [2.75, 3.05) is 49.2 Å². The van der Waals surface area contributed by atoms with E-state index < -0.39 is 22.6 Å². The fourth-order valence-electron chi connectivity index (χ4n) is 6.78. The summed E-state index contributed by atoms with van der Waals surface area (Å²) in [6.07, 6.45) is 5.34. The van der Waals surface area contributed by atoms with Gasteiger partial charge in [0.25, 0.3) is 5.91 Å². The molecule has 1 aromatic rings. The lowest BCUT2D eigenvalue weighted by Gasteiger charge is -2.37. The van der Waals surface area contributed by atoms with E-state index in [1.165, 1.54) is 0 Å². The number of aliphatic hydroxyl groups excluding tert-OH is 1. The van der Waals surface area contributed by atoms with Gasteiger partial charge in [-0.05, 0) is 77.1 Å². The molecule has 5 atom stereocenters. The second-order valence-electron chi connectivity index (χ2n) is 10.6. The Morgan fingerprint density at radius 2 is 1.85 bits per heavy atom. The van der Waals surface area contributed by atoms with Crippen LogP contribution in [0, 0.1) is 11.8 Å². The van der Waals surface area contributed by atoms with Gasteiger partial charge in [-0.2, -0.15) is 0 Å². The van der Waals surface area contributed by atoms with Crippen molar-refractivity contribution in [3.8, 4) is 0 Å². The molecule has 0 radical (unpaired) electrons. The predicted molar refractivity (Wildman–Crippen MR) is 156 cm³/mol. The third kappa shape index (κ3) is 5.32. The molecule has 214 valence electrons. The maximum Gasteiger partial charge on any atom is 0.310 e. The third-order valence-electron chi connectivity index (χ3n) is 8.52. The van der Waals surface area contributed by atoms with E-state index in [9.17, 15) is 19.5 Å².